The van der Waals surface area contributed by atoms with Crippen LogP contribution in [0.2, 0.25) is 0 Å². The van der Waals surface area contributed by atoms with E-state index < -0.39 is 10.9 Å². The SMILES string of the molecule is CCC1C(=O)N2C(C(=O)OCc3ccc([N+](=O)[O-])cc3)=C(SCCN(C)C)CC12. The van der Waals surface area contributed by atoms with Gasteiger partial charge in [-0.05, 0) is 38.2 Å². The fourth-order valence-electron chi connectivity index (χ4n) is 3.60. The highest BCUT2D eigenvalue weighted by Crippen LogP contribution is 2.47. The fraction of sp³-hybridized carbons (Fsp3) is 0.500. The second-order valence-electron chi connectivity index (χ2n) is 7.42. The molecule has 0 aliphatic carbocycles. The van der Waals surface area contributed by atoms with Crippen LogP contribution in [0.1, 0.15) is 25.3 Å². The summed E-state index contributed by atoms with van der Waals surface area (Å²) in [6.07, 6.45) is 1.46. The van der Waals surface area contributed by atoms with Crippen molar-refractivity contribution in [1.29, 1.82) is 0 Å². The maximum Gasteiger partial charge on any atom is 0.356 e. The van der Waals surface area contributed by atoms with Crippen molar-refractivity contribution in [3.63, 3.8) is 0 Å². The van der Waals surface area contributed by atoms with Gasteiger partial charge in [0.2, 0.25) is 5.91 Å². The van der Waals surface area contributed by atoms with Gasteiger partial charge in [0.05, 0.1) is 16.9 Å². The summed E-state index contributed by atoms with van der Waals surface area (Å²) in [7, 11) is 3.99. The molecule has 156 valence electrons. The van der Waals surface area contributed by atoms with Gasteiger partial charge in [-0.2, -0.15) is 0 Å². The molecule has 0 saturated carbocycles. The number of benzene rings is 1. The van der Waals surface area contributed by atoms with Crippen molar-refractivity contribution in [2.75, 3.05) is 26.4 Å². The van der Waals surface area contributed by atoms with Crippen LogP contribution in [-0.4, -0.2) is 59.0 Å². The summed E-state index contributed by atoms with van der Waals surface area (Å²) in [4.78, 5) is 40.2. The zero-order valence-electron chi connectivity index (χ0n) is 16.8. The number of β-lactam (4-membered cyclic amide) rings is 1. The Bertz CT molecular complexity index is 837. The molecular formula is C20H25N3O5S. The zero-order chi connectivity index (χ0) is 21.1. The van der Waals surface area contributed by atoms with E-state index in [0.717, 1.165) is 23.6 Å². The van der Waals surface area contributed by atoms with Crippen molar-refractivity contribution in [1.82, 2.24) is 9.80 Å². The van der Waals surface area contributed by atoms with E-state index in [-0.39, 0.29) is 30.2 Å². The molecular weight excluding hydrogens is 394 g/mol. The minimum Gasteiger partial charge on any atom is -0.456 e. The number of esters is 1. The normalized spacial score (nSPS) is 20.7. The predicted octanol–water partition coefficient (Wildman–Crippen LogP) is 2.79. The number of nitrogens with zero attached hydrogens (tertiary/aromatic N) is 3. The maximum atomic E-state index is 12.8. The van der Waals surface area contributed by atoms with Crippen molar-refractivity contribution >= 4 is 29.3 Å². The summed E-state index contributed by atoms with van der Waals surface area (Å²) >= 11 is 1.61. The Kier molecular flexibility index (Phi) is 6.59. The number of ether oxygens (including phenoxy) is 1. The molecule has 1 amide bonds. The van der Waals surface area contributed by atoms with Crippen LogP contribution in [0.3, 0.4) is 0 Å². The van der Waals surface area contributed by atoms with Gasteiger partial charge in [-0.15, -0.1) is 11.8 Å². The van der Waals surface area contributed by atoms with Gasteiger partial charge in [-0.25, -0.2) is 4.79 Å². The van der Waals surface area contributed by atoms with E-state index in [1.165, 1.54) is 12.1 Å². The van der Waals surface area contributed by atoms with Crippen molar-refractivity contribution in [3.05, 3.63) is 50.5 Å². The molecule has 2 atom stereocenters. The van der Waals surface area contributed by atoms with E-state index in [1.54, 1.807) is 28.8 Å². The van der Waals surface area contributed by atoms with E-state index in [1.807, 2.05) is 21.0 Å². The second kappa shape index (κ2) is 8.96. The summed E-state index contributed by atoms with van der Waals surface area (Å²) in [5.74, 6) is 0.274. The zero-order valence-corrected chi connectivity index (χ0v) is 17.6. The number of hydrogen-bond donors (Lipinski definition) is 0. The monoisotopic (exact) mass is 419 g/mol. The molecule has 29 heavy (non-hydrogen) atoms. The lowest BCUT2D eigenvalue weighted by molar-refractivity contribution is -0.384. The van der Waals surface area contributed by atoms with E-state index in [2.05, 4.69) is 4.90 Å². The first-order valence-electron chi connectivity index (χ1n) is 9.57. The Labute approximate surface area is 174 Å². The number of amides is 1. The Morgan fingerprint density at radius 3 is 2.62 bits per heavy atom. The molecule has 2 unspecified atom stereocenters. The number of carbonyl (C=O) groups excluding carboxylic acids is 2. The number of non-ortho nitro benzene ring substituents is 1. The van der Waals surface area contributed by atoms with Gasteiger partial charge in [-0.3, -0.25) is 14.9 Å². The molecule has 3 rings (SSSR count). The Hall–Kier alpha value is -2.39. The van der Waals surface area contributed by atoms with Gasteiger partial charge in [0.25, 0.3) is 5.69 Å². The third kappa shape index (κ3) is 4.45. The van der Waals surface area contributed by atoms with Gasteiger partial charge >= 0.3 is 5.97 Å². The first kappa shape index (κ1) is 21.3. The lowest BCUT2D eigenvalue weighted by atomic mass is 9.85. The molecule has 1 aromatic rings. The lowest BCUT2D eigenvalue weighted by Gasteiger charge is -2.43. The first-order valence-corrected chi connectivity index (χ1v) is 10.6. The molecule has 2 aliphatic heterocycles. The summed E-state index contributed by atoms with van der Waals surface area (Å²) in [5, 5.41) is 10.7. The minimum absolute atomic E-state index is 0.000123. The van der Waals surface area contributed by atoms with Crippen LogP contribution >= 0.6 is 11.8 Å². The molecule has 0 bridgehead atoms. The maximum absolute atomic E-state index is 12.8. The molecule has 0 spiro atoms. The van der Waals surface area contributed by atoms with Gasteiger partial charge in [0.1, 0.15) is 12.3 Å². The molecule has 2 aliphatic rings. The van der Waals surface area contributed by atoms with Gasteiger partial charge < -0.3 is 14.5 Å². The van der Waals surface area contributed by atoms with Gasteiger partial charge in [-0.1, -0.05) is 6.92 Å². The number of nitro benzene ring substituents is 1. The van der Waals surface area contributed by atoms with Crippen LogP contribution in [0.5, 0.6) is 0 Å². The summed E-state index contributed by atoms with van der Waals surface area (Å²) < 4.78 is 5.46. The van der Waals surface area contributed by atoms with Crippen LogP contribution < -0.4 is 0 Å². The molecule has 0 radical (unpaired) electrons. The molecule has 2 heterocycles. The molecule has 8 nitrogen and oxygen atoms in total. The average Bonchev–Trinajstić information content (AvgIpc) is 3.01. The van der Waals surface area contributed by atoms with Crippen LogP contribution in [0.15, 0.2) is 34.9 Å². The standard InChI is InChI=1S/C20H25N3O5S/c1-4-15-16-11-17(29-10-9-21(2)3)18(22(16)19(15)24)20(25)28-12-13-5-7-14(8-6-13)23(26)27/h5-8,15-16H,4,9-12H2,1-3H3. The molecule has 1 saturated heterocycles. The quantitative estimate of drug-likeness (QED) is 0.263. The molecule has 1 aromatic carbocycles. The number of fused-ring (bicyclic) bond motifs is 1. The van der Waals surface area contributed by atoms with Crippen LogP contribution in [0.4, 0.5) is 5.69 Å². The third-order valence-corrected chi connectivity index (χ3v) is 6.31. The first-order chi connectivity index (χ1) is 13.8. The number of hydrogen-bond acceptors (Lipinski definition) is 7. The minimum atomic E-state index is -0.513. The summed E-state index contributed by atoms with van der Waals surface area (Å²) in [6.45, 7) is 2.86. The van der Waals surface area contributed by atoms with Crippen LogP contribution in [0, 0.1) is 16.0 Å². The molecule has 9 heteroatoms. The Morgan fingerprint density at radius 2 is 2.03 bits per heavy atom. The van der Waals surface area contributed by atoms with Crippen molar-refractivity contribution in [2.24, 2.45) is 5.92 Å². The number of thioether (sulfide) groups is 1. The topological polar surface area (TPSA) is 93.0 Å². The van der Waals surface area contributed by atoms with Crippen molar-refractivity contribution in [3.8, 4) is 0 Å². The number of nitro groups is 1. The third-order valence-electron chi connectivity index (χ3n) is 5.22. The van der Waals surface area contributed by atoms with Crippen LogP contribution in [0.25, 0.3) is 0 Å². The average molecular weight is 420 g/mol. The van der Waals surface area contributed by atoms with E-state index >= 15 is 0 Å². The van der Waals surface area contributed by atoms with Crippen molar-refractivity contribution in [2.45, 2.75) is 32.4 Å². The highest BCUT2D eigenvalue weighted by Gasteiger charge is 2.54. The van der Waals surface area contributed by atoms with Crippen LogP contribution in [-0.2, 0) is 20.9 Å². The highest BCUT2D eigenvalue weighted by molar-refractivity contribution is 8.03. The lowest BCUT2D eigenvalue weighted by Crippen LogP contribution is -2.58. The van der Waals surface area contributed by atoms with E-state index in [4.69, 9.17) is 4.74 Å². The van der Waals surface area contributed by atoms with E-state index in [0.29, 0.717) is 17.7 Å². The Balaban J connectivity index is 1.70. The summed E-state index contributed by atoms with van der Waals surface area (Å²) in [5.41, 5.74) is 1.01. The molecule has 0 N–H and O–H groups in total. The van der Waals surface area contributed by atoms with E-state index in [9.17, 15) is 19.7 Å². The highest BCUT2D eigenvalue weighted by atomic mass is 32.2. The Morgan fingerprint density at radius 1 is 1.34 bits per heavy atom. The smallest absolute Gasteiger partial charge is 0.356 e. The van der Waals surface area contributed by atoms with Crippen molar-refractivity contribution < 1.29 is 19.2 Å². The second-order valence-corrected chi connectivity index (χ2v) is 8.61. The predicted molar refractivity (Wildman–Crippen MR) is 110 cm³/mol. The largest absolute Gasteiger partial charge is 0.456 e. The fourth-order valence-corrected chi connectivity index (χ4v) is 4.91. The summed E-state index contributed by atoms with van der Waals surface area (Å²) in [6, 6.07) is 5.93. The molecule has 0 aromatic heterocycles. The van der Waals surface area contributed by atoms with Gasteiger partial charge in [0, 0.05) is 35.8 Å². The van der Waals surface area contributed by atoms with Gasteiger partial charge in [0.15, 0.2) is 0 Å². The number of carbonyl (C=O) groups is 2. The number of rotatable bonds is 9. The molecule has 1 fully saturated rings.